The molecule has 2 aliphatic rings. The lowest BCUT2D eigenvalue weighted by atomic mass is 9.88. The van der Waals surface area contributed by atoms with Crippen LogP contribution < -0.4 is 5.01 Å². The van der Waals surface area contributed by atoms with Gasteiger partial charge in [0.2, 0.25) is 0 Å². The van der Waals surface area contributed by atoms with E-state index in [2.05, 4.69) is 65.7 Å². The average molecular weight is 377 g/mol. The molecule has 4 heteroatoms. The summed E-state index contributed by atoms with van der Waals surface area (Å²) in [6.45, 7) is 0. The summed E-state index contributed by atoms with van der Waals surface area (Å²) in [6, 6.07) is 27.4. The third-order valence-electron chi connectivity index (χ3n) is 5.02. The van der Waals surface area contributed by atoms with Crippen molar-refractivity contribution in [2.75, 3.05) is 10.8 Å². The maximum absolute atomic E-state index is 6.13. The third-order valence-corrected chi connectivity index (χ3v) is 6.47. The number of benzene rings is 3. The number of nitrogens with zero attached hydrogens (tertiary/aromatic N) is 2. The molecular weight excluding hydrogens is 360 g/mol. The molecule has 0 aromatic heterocycles. The number of thioether (sulfide) groups is 1. The van der Waals surface area contributed by atoms with E-state index in [-0.39, 0.29) is 6.04 Å². The van der Waals surface area contributed by atoms with Gasteiger partial charge in [-0.05, 0) is 35.9 Å². The van der Waals surface area contributed by atoms with Crippen LogP contribution in [0.4, 0.5) is 5.69 Å². The molecule has 0 unspecified atom stereocenters. The van der Waals surface area contributed by atoms with Crippen molar-refractivity contribution in [3.05, 3.63) is 95.0 Å². The van der Waals surface area contributed by atoms with Crippen LogP contribution in [-0.2, 0) is 0 Å². The second-order valence-corrected chi connectivity index (χ2v) is 8.07. The molecule has 2 heterocycles. The van der Waals surface area contributed by atoms with Gasteiger partial charge in [-0.1, -0.05) is 60.1 Å². The number of hydrogen-bond acceptors (Lipinski definition) is 3. The predicted octanol–water partition coefficient (Wildman–Crippen LogP) is 6.03. The molecule has 0 spiro atoms. The number of anilines is 1. The molecule has 26 heavy (non-hydrogen) atoms. The van der Waals surface area contributed by atoms with Crippen LogP contribution in [0.1, 0.15) is 17.2 Å². The van der Waals surface area contributed by atoms with Crippen LogP contribution in [0.25, 0.3) is 0 Å². The highest BCUT2D eigenvalue weighted by Gasteiger charge is 2.42. The number of hydrogen-bond donors (Lipinski definition) is 0. The standard InChI is InChI=1S/C22H17ClN2S/c23-16-12-10-15(11-13-16)22-19-14-26-20-9-5-4-8-18(20)21(19)24-25(22)17-6-2-1-3-7-17/h1-13,19,22H,14H2/t19-,22+/m1/s1. The van der Waals surface area contributed by atoms with Gasteiger partial charge in [0.1, 0.15) is 0 Å². The van der Waals surface area contributed by atoms with Crippen molar-refractivity contribution >= 4 is 34.8 Å². The summed E-state index contributed by atoms with van der Waals surface area (Å²) in [5.41, 5.74) is 4.84. The summed E-state index contributed by atoms with van der Waals surface area (Å²) >= 11 is 8.06. The first-order chi connectivity index (χ1) is 12.8. The third kappa shape index (κ3) is 2.63. The van der Waals surface area contributed by atoms with Gasteiger partial charge in [-0.2, -0.15) is 5.10 Å². The molecular formula is C22H17ClN2S. The van der Waals surface area contributed by atoms with Crippen LogP contribution in [0.2, 0.25) is 5.02 Å². The molecule has 0 saturated carbocycles. The van der Waals surface area contributed by atoms with Crippen LogP contribution in [0.3, 0.4) is 0 Å². The Bertz CT molecular complexity index is 969. The Kier molecular flexibility index (Phi) is 3.99. The minimum atomic E-state index is 0.186. The fourth-order valence-electron chi connectivity index (χ4n) is 3.81. The predicted molar refractivity (Wildman–Crippen MR) is 110 cm³/mol. The number of halogens is 1. The first-order valence-electron chi connectivity index (χ1n) is 8.72. The Morgan fingerprint density at radius 1 is 0.885 bits per heavy atom. The monoisotopic (exact) mass is 376 g/mol. The molecule has 0 N–H and O–H groups in total. The van der Waals surface area contributed by atoms with E-state index in [1.54, 1.807) is 0 Å². The highest BCUT2D eigenvalue weighted by atomic mass is 35.5. The lowest BCUT2D eigenvalue weighted by Crippen LogP contribution is -2.29. The molecule has 0 fully saturated rings. The van der Waals surface area contributed by atoms with Gasteiger partial charge in [-0.3, -0.25) is 5.01 Å². The lowest BCUT2D eigenvalue weighted by molar-refractivity contribution is 0.593. The number of hydrazone groups is 1. The van der Waals surface area contributed by atoms with E-state index in [0.29, 0.717) is 5.92 Å². The number of para-hydroxylation sites is 1. The van der Waals surface area contributed by atoms with Crippen molar-refractivity contribution in [2.24, 2.45) is 11.0 Å². The normalized spacial score (nSPS) is 21.1. The maximum Gasteiger partial charge on any atom is 0.0868 e. The molecule has 0 aliphatic carbocycles. The Morgan fingerprint density at radius 3 is 2.42 bits per heavy atom. The largest absolute Gasteiger partial charge is 0.257 e. The Labute approximate surface area is 162 Å². The van der Waals surface area contributed by atoms with Gasteiger partial charge in [0.05, 0.1) is 17.4 Å². The molecule has 0 saturated heterocycles. The minimum absolute atomic E-state index is 0.186. The topological polar surface area (TPSA) is 15.6 Å². The van der Waals surface area contributed by atoms with Crippen molar-refractivity contribution in [1.82, 2.24) is 0 Å². The Balaban J connectivity index is 1.65. The zero-order valence-corrected chi connectivity index (χ0v) is 15.6. The van der Waals surface area contributed by atoms with Gasteiger partial charge in [-0.25, -0.2) is 0 Å². The smallest absolute Gasteiger partial charge is 0.0868 e. The summed E-state index contributed by atoms with van der Waals surface area (Å²) in [7, 11) is 0. The number of fused-ring (bicyclic) bond motifs is 3. The minimum Gasteiger partial charge on any atom is -0.257 e. The molecule has 0 bridgehead atoms. The van der Waals surface area contributed by atoms with Gasteiger partial charge < -0.3 is 0 Å². The fourth-order valence-corrected chi connectivity index (χ4v) is 5.14. The maximum atomic E-state index is 6.13. The quantitative estimate of drug-likeness (QED) is 0.542. The SMILES string of the molecule is Clc1ccc([C@H]2[C@@H]3CSc4ccccc4C3=NN2c2ccccc2)cc1. The zero-order valence-electron chi connectivity index (χ0n) is 14.0. The molecule has 3 aromatic rings. The molecule has 128 valence electrons. The van der Waals surface area contributed by atoms with Crippen LogP contribution in [0.15, 0.2) is 88.9 Å². The zero-order chi connectivity index (χ0) is 17.5. The van der Waals surface area contributed by atoms with Gasteiger partial charge in [-0.15, -0.1) is 11.8 Å². The molecule has 0 radical (unpaired) electrons. The molecule has 3 aromatic carbocycles. The molecule has 0 amide bonds. The summed E-state index contributed by atoms with van der Waals surface area (Å²) < 4.78 is 0. The average Bonchev–Trinajstić information content (AvgIpc) is 3.09. The molecule has 2 atom stereocenters. The summed E-state index contributed by atoms with van der Waals surface area (Å²) in [5.74, 6) is 1.39. The Morgan fingerprint density at radius 2 is 1.62 bits per heavy atom. The van der Waals surface area contributed by atoms with Crippen molar-refractivity contribution in [3.8, 4) is 0 Å². The van der Waals surface area contributed by atoms with Crippen LogP contribution in [0.5, 0.6) is 0 Å². The van der Waals surface area contributed by atoms with Crippen LogP contribution in [-0.4, -0.2) is 11.5 Å². The Hall–Kier alpha value is -2.23. The van der Waals surface area contributed by atoms with Crippen LogP contribution >= 0.6 is 23.4 Å². The highest BCUT2D eigenvalue weighted by Crippen LogP contribution is 2.46. The molecule has 5 rings (SSSR count). The van der Waals surface area contributed by atoms with Gasteiger partial charge >= 0.3 is 0 Å². The van der Waals surface area contributed by atoms with E-state index < -0.39 is 0 Å². The summed E-state index contributed by atoms with van der Waals surface area (Å²) in [5, 5.41) is 8.06. The summed E-state index contributed by atoms with van der Waals surface area (Å²) in [6.07, 6.45) is 0. The highest BCUT2D eigenvalue weighted by molar-refractivity contribution is 7.99. The first kappa shape index (κ1) is 16.0. The second-order valence-electron chi connectivity index (χ2n) is 6.58. The van der Waals surface area contributed by atoms with Crippen molar-refractivity contribution in [3.63, 3.8) is 0 Å². The van der Waals surface area contributed by atoms with Crippen molar-refractivity contribution in [1.29, 1.82) is 0 Å². The van der Waals surface area contributed by atoms with Crippen LogP contribution in [0, 0.1) is 5.92 Å². The van der Waals surface area contributed by atoms with E-state index in [4.69, 9.17) is 16.7 Å². The van der Waals surface area contributed by atoms with Gasteiger partial charge in [0.15, 0.2) is 0 Å². The van der Waals surface area contributed by atoms with E-state index >= 15 is 0 Å². The number of rotatable bonds is 2. The van der Waals surface area contributed by atoms with Gasteiger partial charge in [0, 0.05) is 27.2 Å². The van der Waals surface area contributed by atoms with E-state index in [0.717, 1.165) is 16.5 Å². The lowest BCUT2D eigenvalue weighted by Gasteiger charge is -2.30. The fraction of sp³-hybridized carbons (Fsp3) is 0.136. The summed E-state index contributed by atoms with van der Waals surface area (Å²) in [4.78, 5) is 1.33. The molecule has 2 nitrogen and oxygen atoms in total. The van der Waals surface area contributed by atoms with E-state index in [1.807, 2.05) is 30.0 Å². The first-order valence-corrected chi connectivity index (χ1v) is 10.1. The van der Waals surface area contributed by atoms with Crippen molar-refractivity contribution < 1.29 is 0 Å². The van der Waals surface area contributed by atoms with Crippen molar-refractivity contribution in [2.45, 2.75) is 10.9 Å². The molecule has 2 aliphatic heterocycles. The second kappa shape index (κ2) is 6.49. The van der Waals surface area contributed by atoms with E-state index in [9.17, 15) is 0 Å². The van der Waals surface area contributed by atoms with E-state index in [1.165, 1.54) is 21.7 Å². The van der Waals surface area contributed by atoms with Gasteiger partial charge in [0.25, 0.3) is 0 Å².